The highest BCUT2D eigenvalue weighted by atomic mass is 16.5. The number of likely N-dealkylation sites (tertiary alicyclic amines) is 1. The van der Waals surface area contributed by atoms with Crippen molar-refractivity contribution in [3.63, 3.8) is 0 Å². The van der Waals surface area contributed by atoms with Crippen molar-refractivity contribution in [2.45, 2.75) is 52.0 Å². The highest BCUT2D eigenvalue weighted by molar-refractivity contribution is 5.89. The molecule has 4 atom stereocenters. The van der Waals surface area contributed by atoms with Crippen LogP contribution in [0.15, 0.2) is 30.5 Å². The largest absolute Gasteiger partial charge is 0.488 e. The maximum absolute atomic E-state index is 11.8. The maximum atomic E-state index is 11.8. The van der Waals surface area contributed by atoms with E-state index < -0.39 is 12.1 Å². The summed E-state index contributed by atoms with van der Waals surface area (Å²) in [5.41, 5.74) is 2.97. The summed E-state index contributed by atoms with van der Waals surface area (Å²) in [6.07, 6.45) is 2.78. The van der Waals surface area contributed by atoms with Crippen molar-refractivity contribution in [1.82, 2.24) is 14.7 Å². The summed E-state index contributed by atoms with van der Waals surface area (Å²) in [5, 5.41) is 15.2. The van der Waals surface area contributed by atoms with Crippen LogP contribution in [0.1, 0.15) is 41.4 Å². The number of aliphatic hydroxyl groups is 1. The molecule has 162 valence electrons. The van der Waals surface area contributed by atoms with Gasteiger partial charge in [0.2, 0.25) is 0 Å². The number of carbonyl (C=O) groups is 1. The number of nitrogens with zero attached hydrogens (tertiary/aromatic N) is 3. The molecule has 0 unspecified atom stereocenters. The van der Waals surface area contributed by atoms with E-state index in [1.54, 1.807) is 18.2 Å². The third kappa shape index (κ3) is 4.23. The summed E-state index contributed by atoms with van der Waals surface area (Å²) in [6.45, 7) is 8.04. The molecule has 1 aromatic heterocycles. The molecule has 2 aromatic rings. The Kier molecular flexibility index (Phi) is 6.11. The number of ether oxygens (including phenoxy) is 2. The fourth-order valence-corrected chi connectivity index (χ4v) is 4.93. The molecule has 30 heavy (non-hydrogen) atoms. The standard InChI is InChI=1S/C23H31N3O4/c1-4-26-15(2)19(11-24-26)14-25-12-17-9-21(27)22(10-18(17)13-25)30-20-7-5-6-16(8-20)23(28)29-3/h5-8,11,17-18,21-22,27H,4,9-10,12-14H2,1-3H3/t17-,18+,21+,22+/m0/s1. The number of fused-ring (bicyclic) bond motifs is 1. The Hall–Kier alpha value is -2.38. The number of carbonyl (C=O) groups excluding carboxylic acids is 1. The molecule has 0 amide bonds. The molecule has 1 aromatic carbocycles. The average molecular weight is 414 g/mol. The molecular formula is C23H31N3O4. The van der Waals surface area contributed by atoms with Crippen molar-refractivity contribution < 1.29 is 19.4 Å². The third-order valence-electron chi connectivity index (χ3n) is 6.60. The molecule has 7 heteroatoms. The summed E-state index contributed by atoms with van der Waals surface area (Å²) >= 11 is 0. The van der Waals surface area contributed by atoms with Crippen LogP contribution in [0.3, 0.4) is 0 Å². The van der Waals surface area contributed by atoms with Gasteiger partial charge in [-0.3, -0.25) is 9.58 Å². The molecule has 7 nitrogen and oxygen atoms in total. The molecule has 2 aliphatic rings. The second-order valence-corrected chi connectivity index (χ2v) is 8.50. The van der Waals surface area contributed by atoms with Crippen molar-refractivity contribution >= 4 is 5.97 Å². The highest BCUT2D eigenvalue weighted by Crippen LogP contribution is 2.38. The van der Waals surface area contributed by atoms with Gasteiger partial charge in [-0.1, -0.05) is 6.07 Å². The van der Waals surface area contributed by atoms with E-state index in [2.05, 4.69) is 23.8 Å². The second-order valence-electron chi connectivity index (χ2n) is 8.50. The lowest BCUT2D eigenvalue weighted by atomic mass is 9.78. The summed E-state index contributed by atoms with van der Waals surface area (Å²) in [6, 6.07) is 6.97. The monoisotopic (exact) mass is 413 g/mol. The predicted octanol–water partition coefficient (Wildman–Crippen LogP) is 2.65. The van der Waals surface area contributed by atoms with Gasteiger partial charge in [-0.25, -0.2) is 4.79 Å². The number of benzene rings is 1. The maximum Gasteiger partial charge on any atom is 0.337 e. The van der Waals surface area contributed by atoms with Crippen LogP contribution < -0.4 is 4.74 Å². The molecule has 1 N–H and O–H groups in total. The molecule has 1 aliphatic carbocycles. The molecule has 1 aliphatic heterocycles. The Morgan fingerprint density at radius 2 is 2.03 bits per heavy atom. The number of rotatable bonds is 6. The van der Waals surface area contributed by atoms with Crippen LogP contribution in [0.4, 0.5) is 0 Å². The van der Waals surface area contributed by atoms with Gasteiger partial charge in [-0.2, -0.15) is 5.10 Å². The summed E-state index contributed by atoms with van der Waals surface area (Å²) in [5.74, 6) is 1.20. The van der Waals surface area contributed by atoms with Crippen LogP contribution >= 0.6 is 0 Å². The van der Waals surface area contributed by atoms with Crippen LogP contribution in [0.25, 0.3) is 0 Å². The summed E-state index contributed by atoms with van der Waals surface area (Å²) in [4.78, 5) is 14.2. The van der Waals surface area contributed by atoms with Crippen molar-refractivity contribution in [3.05, 3.63) is 47.3 Å². The minimum atomic E-state index is -0.502. The number of aryl methyl sites for hydroxylation is 1. The molecule has 0 spiro atoms. The number of aliphatic hydroxyl groups excluding tert-OH is 1. The molecule has 1 saturated heterocycles. The Balaban J connectivity index is 1.39. The van der Waals surface area contributed by atoms with Crippen LogP contribution in [0.2, 0.25) is 0 Å². The molecule has 0 bridgehead atoms. The normalized spacial score (nSPS) is 26.4. The van der Waals surface area contributed by atoms with Crippen molar-refractivity contribution in [2.75, 3.05) is 20.2 Å². The minimum Gasteiger partial charge on any atom is -0.488 e. The first kappa shape index (κ1) is 20.9. The van der Waals surface area contributed by atoms with E-state index in [1.807, 2.05) is 16.9 Å². The Labute approximate surface area is 177 Å². The minimum absolute atomic E-state index is 0.260. The first-order valence-corrected chi connectivity index (χ1v) is 10.7. The lowest BCUT2D eigenvalue weighted by Crippen LogP contribution is -2.42. The zero-order valence-electron chi connectivity index (χ0n) is 18.0. The van der Waals surface area contributed by atoms with Crippen molar-refractivity contribution in [1.29, 1.82) is 0 Å². The van der Waals surface area contributed by atoms with Gasteiger partial charge in [0, 0.05) is 37.4 Å². The van der Waals surface area contributed by atoms with E-state index in [-0.39, 0.29) is 6.10 Å². The number of methoxy groups -OCH3 is 1. The van der Waals surface area contributed by atoms with Gasteiger partial charge in [0.05, 0.1) is 25.0 Å². The molecule has 4 rings (SSSR count). The zero-order valence-corrected chi connectivity index (χ0v) is 18.0. The number of aromatic nitrogens is 2. The number of hydrogen-bond acceptors (Lipinski definition) is 6. The Morgan fingerprint density at radius 1 is 1.27 bits per heavy atom. The van der Waals surface area contributed by atoms with Crippen LogP contribution in [0.5, 0.6) is 5.75 Å². The van der Waals surface area contributed by atoms with E-state index in [0.717, 1.165) is 39.0 Å². The first-order valence-electron chi connectivity index (χ1n) is 10.7. The molecule has 0 radical (unpaired) electrons. The third-order valence-corrected chi connectivity index (χ3v) is 6.60. The predicted molar refractivity (Wildman–Crippen MR) is 112 cm³/mol. The van der Waals surface area contributed by atoms with Crippen LogP contribution in [-0.4, -0.2) is 58.2 Å². The highest BCUT2D eigenvalue weighted by Gasteiger charge is 2.42. The summed E-state index contributed by atoms with van der Waals surface area (Å²) < 4.78 is 12.9. The van der Waals surface area contributed by atoms with Crippen molar-refractivity contribution in [3.8, 4) is 5.75 Å². The van der Waals surface area contributed by atoms with E-state index in [1.165, 1.54) is 18.4 Å². The Morgan fingerprint density at radius 3 is 2.73 bits per heavy atom. The van der Waals surface area contributed by atoms with Gasteiger partial charge in [-0.05, 0) is 56.7 Å². The molecule has 2 heterocycles. The second kappa shape index (κ2) is 8.78. The van der Waals surface area contributed by atoms with Crippen LogP contribution in [0, 0.1) is 18.8 Å². The van der Waals surface area contributed by atoms with E-state index in [9.17, 15) is 9.90 Å². The van der Waals surface area contributed by atoms with Gasteiger partial charge < -0.3 is 14.6 Å². The number of esters is 1. The quantitative estimate of drug-likeness (QED) is 0.734. The lowest BCUT2D eigenvalue weighted by molar-refractivity contribution is -0.0231. The topological polar surface area (TPSA) is 76.8 Å². The van der Waals surface area contributed by atoms with E-state index in [0.29, 0.717) is 23.1 Å². The molecular weight excluding hydrogens is 382 g/mol. The number of hydrogen-bond donors (Lipinski definition) is 1. The molecule has 2 fully saturated rings. The fraction of sp³-hybridized carbons (Fsp3) is 0.565. The van der Waals surface area contributed by atoms with Gasteiger partial charge in [0.1, 0.15) is 11.9 Å². The smallest absolute Gasteiger partial charge is 0.337 e. The van der Waals surface area contributed by atoms with Gasteiger partial charge in [0.25, 0.3) is 0 Å². The van der Waals surface area contributed by atoms with Gasteiger partial charge in [-0.15, -0.1) is 0 Å². The average Bonchev–Trinajstić information content (AvgIpc) is 3.30. The summed E-state index contributed by atoms with van der Waals surface area (Å²) in [7, 11) is 1.36. The lowest BCUT2D eigenvalue weighted by Gasteiger charge is -2.35. The van der Waals surface area contributed by atoms with Crippen molar-refractivity contribution in [2.24, 2.45) is 11.8 Å². The SMILES string of the molecule is CCn1ncc(CN2C[C@H]3C[C@@H](Oc4cccc(C(=O)OC)c4)[C@H](O)C[C@H]3C2)c1C. The van der Waals surface area contributed by atoms with Gasteiger partial charge >= 0.3 is 5.97 Å². The van der Waals surface area contributed by atoms with E-state index >= 15 is 0 Å². The Bertz CT molecular complexity index is 896. The zero-order chi connectivity index (χ0) is 21.3. The van der Waals surface area contributed by atoms with E-state index in [4.69, 9.17) is 9.47 Å². The van der Waals surface area contributed by atoms with Crippen LogP contribution in [-0.2, 0) is 17.8 Å². The molecule has 1 saturated carbocycles. The van der Waals surface area contributed by atoms with Gasteiger partial charge in [0.15, 0.2) is 0 Å². The first-order chi connectivity index (χ1) is 14.5. The fourth-order valence-electron chi connectivity index (χ4n) is 4.93.